The quantitative estimate of drug-likeness (QED) is 0.636. The minimum atomic E-state index is -0.421. The van der Waals surface area contributed by atoms with E-state index in [1.165, 1.54) is 12.1 Å². The Labute approximate surface area is 98.3 Å². The van der Waals surface area contributed by atoms with Gasteiger partial charge in [-0.1, -0.05) is 12.1 Å². The lowest BCUT2D eigenvalue weighted by Crippen LogP contribution is -2.11. The molecule has 2 rings (SSSR count). The van der Waals surface area contributed by atoms with Crippen LogP contribution in [0.3, 0.4) is 0 Å². The maximum absolute atomic E-state index is 11.0. The van der Waals surface area contributed by atoms with Crippen molar-refractivity contribution < 1.29 is 9.72 Å². The van der Waals surface area contributed by atoms with Crippen LogP contribution in [-0.2, 0) is 11.3 Å². The first-order valence-electron chi connectivity index (χ1n) is 5.36. The molecule has 0 fully saturated rings. The van der Waals surface area contributed by atoms with Gasteiger partial charge in [0.05, 0.1) is 4.92 Å². The fourth-order valence-corrected chi connectivity index (χ4v) is 1.69. The summed E-state index contributed by atoms with van der Waals surface area (Å²) in [4.78, 5) is 21.0. The molecule has 5 nitrogen and oxygen atoms in total. The monoisotopic (exact) mass is 232 g/mol. The second kappa shape index (κ2) is 4.78. The van der Waals surface area contributed by atoms with Gasteiger partial charge < -0.3 is 5.32 Å². The van der Waals surface area contributed by atoms with Crippen LogP contribution in [0.2, 0.25) is 0 Å². The molecule has 0 bridgehead atoms. The van der Waals surface area contributed by atoms with Gasteiger partial charge in [0.15, 0.2) is 5.78 Å². The summed E-state index contributed by atoms with van der Waals surface area (Å²) in [6.45, 7) is 0.580. The second-order valence-corrected chi connectivity index (χ2v) is 3.91. The topological polar surface area (TPSA) is 72.2 Å². The van der Waals surface area contributed by atoms with Crippen molar-refractivity contribution in [1.82, 2.24) is 5.32 Å². The number of ketones is 1. The molecule has 0 radical (unpaired) electrons. The molecule has 0 atom stereocenters. The van der Waals surface area contributed by atoms with Gasteiger partial charge in [-0.05, 0) is 12.0 Å². The first kappa shape index (κ1) is 11.3. The molecule has 0 amide bonds. The lowest BCUT2D eigenvalue weighted by atomic mass is 10.2. The number of nitrogens with zero attached hydrogens (tertiary/aromatic N) is 1. The maximum Gasteiger partial charge on any atom is 0.269 e. The third-order valence-electron chi connectivity index (χ3n) is 2.64. The van der Waals surface area contributed by atoms with E-state index in [1.807, 2.05) is 0 Å². The molecule has 0 saturated heterocycles. The van der Waals surface area contributed by atoms with Gasteiger partial charge in [-0.15, -0.1) is 0 Å². The largest absolute Gasteiger partial charge is 0.384 e. The zero-order chi connectivity index (χ0) is 12.3. The third-order valence-corrected chi connectivity index (χ3v) is 2.64. The predicted molar refractivity (Wildman–Crippen MR) is 62.3 cm³/mol. The molecule has 0 heterocycles. The average Bonchev–Trinajstić information content (AvgIpc) is 2.73. The van der Waals surface area contributed by atoms with Crippen LogP contribution in [0.5, 0.6) is 0 Å². The average molecular weight is 232 g/mol. The van der Waals surface area contributed by atoms with Gasteiger partial charge in [-0.3, -0.25) is 14.9 Å². The van der Waals surface area contributed by atoms with Crippen LogP contribution in [0.1, 0.15) is 18.4 Å². The van der Waals surface area contributed by atoms with Gasteiger partial charge in [0, 0.05) is 36.9 Å². The van der Waals surface area contributed by atoms with Crippen molar-refractivity contribution in [3.05, 3.63) is 51.7 Å². The summed E-state index contributed by atoms with van der Waals surface area (Å²) in [7, 11) is 0. The van der Waals surface area contributed by atoms with E-state index in [0.717, 1.165) is 17.7 Å². The summed E-state index contributed by atoms with van der Waals surface area (Å²) in [6.07, 6.45) is 2.94. The van der Waals surface area contributed by atoms with Crippen LogP contribution in [0.15, 0.2) is 36.0 Å². The summed E-state index contributed by atoms with van der Waals surface area (Å²) in [5.74, 6) is 0.149. The van der Waals surface area contributed by atoms with Crippen molar-refractivity contribution in [3.63, 3.8) is 0 Å². The Morgan fingerprint density at radius 2 is 1.94 bits per heavy atom. The number of nitro benzene ring substituents is 1. The highest BCUT2D eigenvalue weighted by Gasteiger charge is 2.11. The Morgan fingerprint density at radius 1 is 1.24 bits per heavy atom. The fourth-order valence-electron chi connectivity index (χ4n) is 1.69. The Hall–Kier alpha value is -2.17. The number of hydrogen-bond donors (Lipinski definition) is 1. The molecule has 1 N–H and O–H groups in total. The zero-order valence-corrected chi connectivity index (χ0v) is 9.18. The Kier molecular flexibility index (Phi) is 3.18. The van der Waals surface area contributed by atoms with Crippen LogP contribution < -0.4 is 5.32 Å². The highest BCUT2D eigenvalue weighted by Crippen LogP contribution is 2.14. The number of nitro groups is 1. The van der Waals surface area contributed by atoms with Crippen LogP contribution in [0.25, 0.3) is 0 Å². The SMILES string of the molecule is O=C1C=C(NCc2ccc([N+](=O)[O-])cc2)CC1. The molecule has 1 aliphatic rings. The van der Waals surface area contributed by atoms with E-state index in [-0.39, 0.29) is 11.5 Å². The number of non-ortho nitro benzene ring substituents is 1. The van der Waals surface area contributed by atoms with Gasteiger partial charge >= 0.3 is 0 Å². The molecule has 1 aliphatic carbocycles. The summed E-state index contributed by atoms with van der Waals surface area (Å²) >= 11 is 0. The van der Waals surface area contributed by atoms with Crippen LogP contribution in [0.4, 0.5) is 5.69 Å². The predicted octanol–water partition coefficient (Wildman–Crippen LogP) is 1.93. The number of allylic oxidation sites excluding steroid dienone is 2. The van der Waals surface area contributed by atoms with Gasteiger partial charge in [0.25, 0.3) is 5.69 Å². The standard InChI is InChI=1S/C12H12N2O3/c15-12-6-3-10(7-12)13-8-9-1-4-11(5-2-9)14(16)17/h1-2,4-5,7,13H,3,6,8H2. The van der Waals surface area contributed by atoms with Crippen LogP contribution in [-0.4, -0.2) is 10.7 Å². The van der Waals surface area contributed by atoms with Gasteiger partial charge in [0.1, 0.15) is 0 Å². The molecule has 0 spiro atoms. The molecule has 0 aliphatic heterocycles. The molecule has 1 aromatic rings. The smallest absolute Gasteiger partial charge is 0.269 e. The Bertz CT molecular complexity index is 477. The first-order valence-corrected chi connectivity index (χ1v) is 5.36. The third kappa shape index (κ3) is 2.90. The molecular weight excluding hydrogens is 220 g/mol. The number of benzene rings is 1. The zero-order valence-electron chi connectivity index (χ0n) is 9.18. The van der Waals surface area contributed by atoms with Gasteiger partial charge in [-0.2, -0.15) is 0 Å². The Balaban J connectivity index is 1.93. The summed E-state index contributed by atoms with van der Waals surface area (Å²) < 4.78 is 0. The molecule has 0 aromatic heterocycles. The molecular formula is C12H12N2O3. The second-order valence-electron chi connectivity index (χ2n) is 3.91. The molecule has 17 heavy (non-hydrogen) atoms. The molecule has 0 unspecified atom stereocenters. The molecule has 88 valence electrons. The number of carbonyl (C=O) groups is 1. The van der Waals surface area contributed by atoms with E-state index in [2.05, 4.69) is 5.32 Å². The Morgan fingerprint density at radius 3 is 2.47 bits per heavy atom. The van der Waals surface area contributed by atoms with E-state index in [0.29, 0.717) is 13.0 Å². The summed E-state index contributed by atoms with van der Waals surface area (Å²) in [5, 5.41) is 13.6. The van der Waals surface area contributed by atoms with Crippen molar-refractivity contribution in [1.29, 1.82) is 0 Å². The van der Waals surface area contributed by atoms with E-state index in [1.54, 1.807) is 18.2 Å². The van der Waals surface area contributed by atoms with Gasteiger partial charge in [0.2, 0.25) is 0 Å². The van der Waals surface area contributed by atoms with Crippen molar-refractivity contribution in [2.45, 2.75) is 19.4 Å². The number of rotatable bonds is 4. The minimum Gasteiger partial charge on any atom is -0.384 e. The lowest BCUT2D eigenvalue weighted by Gasteiger charge is -2.06. The minimum absolute atomic E-state index is 0.0870. The molecule has 5 heteroatoms. The summed E-state index contributed by atoms with van der Waals surface area (Å²) in [6, 6.07) is 6.38. The normalized spacial score (nSPS) is 14.6. The van der Waals surface area contributed by atoms with E-state index in [4.69, 9.17) is 0 Å². The van der Waals surface area contributed by atoms with Crippen molar-refractivity contribution in [2.24, 2.45) is 0 Å². The first-order chi connectivity index (χ1) is 8.15. The van der Waals surface area contributed by atoms with Gasteiger partial charge in [-0.25, -0.2) is 0 Å². The van der Waals surface area contributed by atoms with Crippen LogP contribution >= 0.6 is 0 Å². The summed E-state index contributed by atoms with van der Waals surface area (Å²) in [5.41, 5.74) is 1.98. The maximum atomic E-state index is 11.0. The fraction of sp³-hybridized carbons (Fsp3) is 0.250. The number of carbonyl (C=O) groups excluding carboxylic acids is 1. The van der Waals surface area contributed by atoms with E-state index in [9.17, 15) is 14.9 Å². The lowest BCUT2D eigenvalue weighted by molar-refractivity contribution is -0.384. The van der Waals surface area contributed by atoms with E-state index >= 15 is 0 Å². The van der Waals surface area contributed by atoms with Crippen molar-refractivity contribution in [3.8, 4) is 0 Å². The van der Waals surface area contributed by atoms with Crippen LogP contribution in [0, 0.1) is 10.1 Å². The number of nitrogens with one attached hydrogen (secondary N) is 1. The highest BCUT2D eigenvalue weighted by molar-refractivity contribution is 5.92. The van der Waals surface area contributed by atoms with Crippen molar-refractivity contribution >= 4 is 11.5 Å². The molecule has 1 aromatic carbocycles. The number of hydrogen-bond acceptors (Lipinski definition) is 4. The van der Waals surface area contributed by atoms with E-state index < -0.39 is 4.92 Å². The highest BCUT2D eigenvalue weighted by atomic mass is 16.6. The van der Waals surface area contributed by atoms with Crippen molar-refractivity contribution in [2.75, 3.05) is 0 Å². The molecule has 0 saturated carbocycles.